The van der Waals surface area contributed by atoms with Crippen LogP contribution >= 0.6 is 11.6 Å². The van der Waals surface area contributed by atoms with Crippen LogP contribution in [0, 0.1) is 0 Å². The molecule has 1 aromatic carbocycles. The number of hydrogen-bond donors (Lipinski definition) is 0. The van der Waals surface area contributed by atoms with Gasteiger partial charge in [-0.1, -0.05) is 11.6 Å². The van der Waals surface area contributed by atoms with E-state index in [0.717, 1.165) is 31.6 Å². The molecule has 2 aliphatic rings. The number of carbonyl (C=O) groups is 1. The zero-order valence-electron chi connectivity index (χ0n) is 12.6. The fraction of sp³-hybridized carbons (Fsp3) is 0.562. The molecule has 0 unspecified atom stereocenters. The number of ether oxygens (including phenoxy) is 3. The lowest BCUT2D eigenvalue weighted by Gasteiger charge is -2.38. The number of piperidine rings is 1. The summed E-state index contributed by atoms with van der Waals surface area (Å²) < 4.78 is 16.5. The van der Waals surface area contributed by atoms with E-state index in [1.165, 1.54) is 0 Å². The summed E-state index contributed by atoms with van der Waals surface area (Å²) in [5.41, 5.74) is 1.38. The van der Waals surface area contributed by atoms with Gasteiger partial charge >= 0.3 is 5.97 Å². The molecular weight excluding hydrogens is 306 g/mol. The van der Waals surface area contributed by atoms with Gasteiger partial charge in [0.1, 0.15) is 0 Å². The van der Waals surface area contributed by atoms with Crippen LogP contribution in [0.15, 0.2) is 18.2 Å². The molecule has 2 heterocycles. The fourth-order valence-corrected chi connectivity index (χ4v) is 3.16. The van der Waals surface area contributed by atoms with Crippen LogP contribution in [0.4, 0.5) is 5.69 Å². The van der Waals surface area contributed by atoms with Crippen LogP contribution < -0.4 is 4.90 Å². The first-order valence-corrected chi connectivity index (χ1v) is 8.01. The van der Waals surface area contributed by atoms with Gasteiger partial charge in [0.2, 0.25) is 0 Å². The highest BCUT2D eigenvalue weighted by molar-refractivity contribution is 6.33. The molecule has 0 N–H and O–H groups in total. The Hall–Kier alpha value is -1.30. The maximum Gasteiger partial charge on any atom is 0.339 e. The van der Waals surface area contributed by atoms with Gasteiger partial charge in [-0.05, 0) is 25.1 Å². The van der Waals surface area contributed by atoms with Crippen molar-refractivity contribution in [1.82, 2.24) is 0 Å². The number of benzene rings is 1. The van der Waals surface area contributed by atoms with E-state index in [4.69, 9.17) is 25.8 Å². The molecular formula is C16H20ClNO4. The van der Waals surface area contributed by atoms with Crippen molar-refractivity contribution in [3.8, 4) is 0 Å². The number of anilines is 1. The highest BCUT2D eigenvalue weighted by Crippen LogP contribution is 2.34. The third-order valence-corrected chi connectivity index (χ3v) is 4.48. The number of hydrogen-bond acceptors (Lipinski definition) is 5. The number of esters is 1. The smallest absolute Gasteiger partial charge is 0.339 e. The van der Waals surface area contributed by atoms with Gasteiger partial charge < -0.3 is 19.1 Å². The molecule has 5 nitrogen and oxygen atoms in total. The average Bonchev–Trinajstić information content (AvgIpc) is 2.97. The summed E-state index contributed by atoms with van der Waals surface area (Å²) in [7, 11) is 0. The molecule has 2 fully saturated rings. The topological polar surface area (TPSA) is 48.0 Å². The Labute approximate surface area is 135 Å². The van der Waals surface area contributed by atoms with Gasteiger partial charge in [0.25, 0.3) is 0 Å². The van der Waals surface area contributed by atoms with Crippen LogP contribution in [0.3, 0.4) is 0 Å². The molecule has 2 saturated heterocycles. The van der Waals surface area contributed by atoms with Crippen molar-refractivity contribution in [1.29, 1.82) is 0 Å². The van der Waals surface area contributed by atoms with Gasteiger partial charge in [0.15, 0.2) is 5.79 Å². The molecule has 0 aliphatic carbocycles. The van der Waals surface area contributed by atoms with Gasteiger partial charge in [-0.3, -0.25) is 0 Å². The van der Waals surface area contributed by atoms with Crippen molar-refractivity contribution in [2.24, 2.45) is 0 Å². The highest BCUT2D eigenvalue weighted by Gasteiger charge is 2.39. The van der Waals surface area contributed by atoms with E-state index in [1.807, 2.05) is 6.07 Å². The van der Waals surface area contributed by atoms with E-state index >= 15 is 0 Å². The predicted molar refractivity (Wildman–Crippen MR) is 83.5 cm³/mol. The Morgan fingerprint density at radius 3 is 2.64 bits per heavy atom. The molecule has 1 spiro atoms. The first-order valence-electron chi connectivity index (χ1n) is 7.63. The quantitative estimate of drug-likeness (QED) is 0.800. The van der Waals surface area contributed by atoms with Gasteiger partial charge in [0, 0.05) is 31.6 Å². The number of halogens is 1. The summed E-state index contributed by atoms with van der Waals surface area (Å²) in [6, 6.07) is 5.48. The Bertz CT molecular complexity index is 547. The van der Waals surface area contributed by atoms with E-state index in [-0.39, 0.29) is 5.97 Å². The monoisotopic (exact) mass is 325 g/mol. The number of rotatable bonds is 3. The maximum atomic E-state index is 11.9. The predicted octanol–water partition coefficient (Wildman–Crippen LogP) is 2.86. The van der Waals surface area contributed by atoms with E-state index in [1.54, 1.807) is 19.1 Å². The molecule has 6 heteroatoms. The van der Waals surface area contributed by atoms with Crippen LogP contribution in [0.25, 0.3) is 0 Å². The number of nitrogens with zero attached hydrogens (tertiary/aromatic N) is 1. The maximum absolute atomic E-state index is 11.9. The van der Waals surface area contributed by atoms with Crippen molar-refractivity contribution >= 4 is 23.3 Å². The molecule has 2 aliphatic heterocycles. The summed E-state index contributed by atoms with van der Waals surface area (Å²) in [6.07, 6.45) is 1.65. The summed E-state index contributed by atoms with van der Waals surface area (Å²) in [6.45, 7) is 5.11. The molecule has 3 rings (SSSR count). The van der Waals surface area contributed by atoms with Crippen molar-refractivity contribution in [3.63, 3.8) is 0 Å². The molecule has 0 atom stereocenters. The lowest BCUT2D eigenvalue weighted by atomic mass is 10.0. The molecule has 0 bridgehead atoms. The van der Waals surface area contributed by atoms with Crippen LogP contribution in [-0.2, 0) is 14.2 Å². The lowest BCUT2D eigenvalue weighted by molar-refractivity contribution is -0.169. The largest absolute Gasteiger partial charge is 0.462 e. The molecule has 0 aromatic heterocycles. The second-order valence-corrected chi connectivity index (χ2v) is 5.89. The zero-order valence-corrected chi connectivity index (χ0v) is 13.4. The molecule has 120 valence electrons. The summed E-state index contributed by atoms with van der Waals surface area (Å²) in [5.74, 6) is -0.780. The van der Waals surface area contributed by atoms with Gasteiger partial charge in [0.05, 0.1) is 30.4 Å². The minimum absolute atomic E-state index is 0.334. The second kappa shape index (κ2) is 6.44. The first kappa shape index (κ1) is 15.6. The number of carbonyl (C=O) groups excluding carboxylic acids is 1. The Kier molecular flexibility index (Phi) is 4.57. The molecule has 22 heavy (non-hydrogen) atoms. The van der Waals surface area contributed by atoms with E-state index in [0.29, 0.717) is 30.4 Å². The van der Waals surface area contributed by atoms with Gasteiger partial charge in [-0.25, -0.2) is 4.79 Å². The molecule has 0 saturated carbocycles. The second-order valence-electron chi connectivity index (χ2n) is 5.48. The molecule has 0 amide bonds. The minimum Gasteiger partial charge on any atom is -0.462 e. The van der Waals surface area contributed by atoms with Crippen molar-refractivity contribution in [3.05, 3.63) is 28.8 Å². The normalized spacial score (nSPS) is 20.4. The van der Waals surface area contributed by atoms with Crippen LogP contribution in [0.2, 0.25) is 5.02 Å². The summed E-state index contributed by atoms with van der Waals surface area (Å²) >= 11 is 6.10. The van der Waals surface area contributed by atoms with Crippen LogP contribution in [0.1, 0.15) is 30.1 Å². The molecule has 1 aromatic rings. The van der Waals surface area contributed by atoms with Gasteiger partial charge in [-0.15, -0.1) is 0 Å². The zero-order chi connectivity index (χ0) is 15.6. The Morgan fingerprint density at radius 2 is 2.00 bits per heavy atom. The lowest BCUT2D eigenvalue weighted by Crippen LogP contribution is -2.45. The van der Waals surface area contributed by atoms with E-state index in [2.05, 4.69) is 4.90 Å². The fourth-order valence-electron chi connectivity index (χ4n) is 2.97. The van der Waals surface area contributed by atoms with Gasteiger partial charge in [-0.2, -0.15) is 0 Å². The van der Waals surface area contributed by atoms with Crippen molar-refractivity contribution in [2.75, 3.05) is 37.8 Å². The minimum atomic E-state index is -0.396. The third-order valence-electron chi connectivity index (χ3n) is 4.15. The average molecular weight is 326 g/mol. The first-order chi connectivity index (χ1) is 10.6. The van der Waals surface area contributed by atoms with E-state index in [9.17, 15) is 4.79 Å². The summed E-state index contributed by atoms with van der Waals surface area (Å²) in [4.78, 5) is 14.2. The van der Waals surface area contributed by atoms with Crippen molar-refractivity contribution < 1.29 is 19.0 Å². The van der Waals surface area contributed by atoms with Crippen molar-refractivity contribution in [2.45, 2.75) is 25.6 Å². The SMILES string of the molecule is CCOC(=O)c1cc(N2CCC3(CC2)OCCO3)ccc1Cl. The van der Waals surface area contributed by atoms with Crippen LogP contribution in [0.5, 0.6) is 0 Å². The Morgan fingerprint density at radius 1 is 1.32 bits per heavy atom. The third kappa shape index (κ3) is 3.07. The highest BCUT2D eigenvalue weighted by atomic mass is 35.5. The van der Waals surface area contributed by atoms with Crippen LogP contribution in [-0.4, -0.2) is 44.7 Å². The Balaban J connectivity index is 1.73. The standard InChI is InChI=1S/C16H20ClNO4/c1-2-20-15(19)13-11-12(3-4-14(13)17)18-7-5-16(6-8-18)21-9-10-22-16/h3-4,11H,2,5-10H2,1H3. The van der Waals surface area contributed by atoms with E-state index < -0.39 is 5.79 Å². The molecule has 0 radical (unpaired) electrons. The summed E-state index contributed by atoms with van der Waals surface area (Å²) in [5, 5.41) is 0.415.